The fraction of sp³-hybridized carbons (Fsp3) is 0.583. The van der Waals surface area contributed by atoms with Crippen molar-refractivity contribution in [1.82, 2.24) is 4.98 Å². The van der Waals surface area contributed by atoms with Gasteiger partial charge in [-0.3, -0.25) is 4.79 Å². The highest BCUT2D eigenvalue weighted by Crippen LogP contribution is 2.21. The van der Waals surface area contributed by atoms with Gasteiger partial charge in [-0.1, -0.05) is 0 Å². The molecule has 1 saturated heterocycles. The summed E-state index contributed by atoms with van der Waals surface area (Å²) in [6.45, 7) is 3.14. The van der Waals surface area contributed by atoms with Gasteiger partial charge >= 0.3 is 11.9 Å². The Bertz CT molecular complexity index is 486. The van der Waals surface area contributed by atoms with Gasteiger partial charge in [-0.05, 0) is 6.92 Å². The van der Waals surface area contributed by atoms with Crippen LogP contribution in [0.1, 0.15) is 23.8 Å². The fourth-order valence-corrected chi connectivity index (χ4v) is 1.97. The highest BCUT2D eigenvalue weighted by atomic mass is 16.5. The van der Waals surface area contributed by atoms with Crippen molar-refractivity contribution < 1.29 is 28.6 Å². The second-order valence-electron chi connectivity index (χ2n) is 4.26. The van der Waals surface area contributed by atoms with Crippen LogP contribution in [-0.4, -0.2) is 54.4 Å². The highest BCUT2D eigenvalue weighted by molar-refractivity contribution is 5.87. The molecule has 110 valence electrons. The molecule has 8 nitrogen and oxygen atoms in total. The first-order chi connectivity index (χ1) is 9.61. The Kier molecular flexibility index (Phi) is 4.57. The highest BCUT2D eigenvalue weighted by Gasteiger charge is 2.29. The van der Waals surface area contributed by atoms with Gasteiger partial charge in [0.2, 0.25) is 0 Å². The van der Waals surface area contributed by atoms with Gasteiger partial charge in [-0.25, -0.2) is 4.79 Å². The number of hydrogen-bond acceptors (Lipinski definition) is 7. The zero-order valence-corrected chi connectivity index (χ0v) is 11.1. The molecule has 0 aliphatic carbocycles. The number of hydrogen-bond donors (Lipinski definition) is 1. The largest absolute Gasteiger partial charge is 0.481 e. The maximum absolute atomic E-state index is 11.5. The van der Waals surface area contributed by atoms with E-state index in [2.05, 4.69) is 4.98 Å². The van der Waals surface area contributed by atoms with E-state index in [1.807, 2.05) is 0 Å². The van der Waals surface area contributed by atoms with Crippen LogP contribution in [0, 0.1) is 0 Å². The van der Waals surface area contributed by atoms with E-state index in [4.69, 9.17) is 19.0 Å². The third-order valence-electron chi connectivity index (χ3n) is 2.86. The first-order valence-corrected chi connectivity index (χ1v) is 6.30. The van der Waals surface area contributed by atoms with Gasteiger partial charge in [0.25, 0.3) is 6.01 Å². The SMILES string of the molecule is CCOC(=O)c1coc(N2CCOCC2CC(=O)O)n1. The number of oxazole rings is 1. The average Bonchev–Trinajstić information content (AvgIpc) is 2.88. The van der Waals surface area contributed by atoms with Gasteiger partial charge in [0, 0.05) is 6.54 Å². The summed E-state index contributed by atoms with van der Waals surface area (Å²) in [5.41, 5.74) is 0.0717. The summed E-state index contributed by atoms with van der Waals surface area (Å²) in [6.07, 6.45) is 1.12. The normalized spacial score (nSPS) is 18.9. The van der Waals surface area contributed by atoms with Gasteiger partial charge in [0.05, 0.1) is 32.3 Å². The Labute approximate surface area is 115 Å². The van der Waals surface area contributed by atoms with Crippen LogP contribution in [-0.2, 0) is 14.3 Å². The second-order valence-corrected chi connectivity index (χ2v) is 4.26. The number of rotatable bonds is 5. The van der Waals surface area contributed by atoms with Crippen LogP contribution in [0.15, 0.2) is 10.7 Å². The minimum Gasteiger partial charge on any atom is -0.481 e. The standard InChI is InChI=1S/C12H16N2O6/c1-2-19-11(17)9-7-20-12(13-9)14-3-4-18-6-8(14)5-10(15)16/h7-8H,2-6H2,1H3,(H,15,16). The van der Waals surface area contributed by atoms with E-state index >= 15 is 0 Å². The summed E-state index contributed by atoms with van der Waals surface area (Å²) < 4.78 is 15.3. The lowest BCUT2D eigenvalue weighted by atomic mass is 10.2. The summed E-state index contributed by atoms with van der Waals surface area (Å²) in [5.74, 6) is -1.49. The molecular formula is C12H16N2O6. The van der Waals surface area contributed by atoms with Crippen molar-refractivity contribution >= 4 is 18.0 Å². The predicted molar refractivity (Wildman–Crippen MR) is 66.7 cm³/mol. The molecule has 1 fully saturated rings. The minimum absolute atomic E-state index is 0.0717. The van der Waals surface area contributed by atoms with Crippen LogP contribution >= 0.6 is 0 Å². The number of carboxylic acids is 1. The molecule has 1 N–H and O–H groups in total. The zero-order valence-electron chi connectivity index (χ0n) is 11.1. The molecule has 0 bridgehead atoms. The average molecular weight is 284 g/mol. The van der Waals surface area contributed by atoms with Crippen LogP contribution in [0.5, 0.6) is 0 Å². The molecule has 0 amide bonds. The lowest BCUT2D eigenvalue weighted by molar-refractivity contribution is -0.138. The number of morpholine rings is 1. The summed E-state index contributed by atoms with van der Waals surface area (Å²) in [4.78, 5) is 28.1. The van der Waals surface area contributed by atoms with Crippen molar-refractivity contribution in [2.75, 3.05) is 31.3 Å². The zero-order chi connectivity index (χ0) is 14.5. The van der Waals surface area contributed by atoms with Gasteiger partial charge in [-0.15, -0.1) is 0 Å². The van der Waals surface area contributed by atoms with E-state index in [1.165, 1.54) is 6.26 Å². The molecule has 0 radical (unpaired) electrons. The van der Waals surface area contributed by atoms with Gasteiger partial charge in [0.1, 0.15) is 6.26 Å². The molecular weight excluding hydrogens is 268 g/mol. The number of aliphatic carboxylic acids is 1. The number of ether oxygens (including phenoxy) is 2. The predicted octanol–water partition coefficient (Wildman–Crippen LogP) is 0.531. The molecule has 0 saturated carbocycles. The van der Waals surface area contributed by atoms with E-state index < -0.39 is 11.9 Å². The molecule has 1 aromatic heterocycles. The first-order valence-electron chi connectivity index (χ1n) is 6.30. The Morgan fingerprint density at radius 3 is 3.10 bits per heavy atom. The summed E-state index contributed by atoms with van der Waals surface area (Å²) >= 11 is 0. The summed E-state index contributed by atoms with van der Waals surface area (Å²) in [6, 6.07) is -0.155. The minimum atomic E-state index is -0.928. The Hall–Kier alpha value is -2.09. The van der Waals surface area contributed by atoms with Gasteiger partial charge in [0.15, 0.2) is 5.69 Å². The van der Waals surface area contributed by atoms with E-state index in [-0.39, 0.29) is 37.4 Å². The molecule has 2 heterocycles. The molecule has 1 aliphatic heterocycles. The van der Waals surface area contributed by atoms with Crippen molar-refractivity contribution in [3.05, 3.63) is 12.0 Å². The molecule has 1 unspecified atom stereocenters. The molecule has 0 spiro atoms. The van der Waals surface area contributed by atoms with Crippen LogP contribution in [0.3, 0.4) is 0 Å². The molecule has 2 rings (SSSR count). The Morgan fingerprint density at radius 2 is 2.40 bits per heavy atom. The third-order valence-corrected chi connectivity index (χ3v) is 2.86. The topological polar surface area (TPSA) is 102 Å². The Balaban J connectivity index is 2.12. The van der Waals surface area contributed by atoms with Crippen molar-refractivity contribution in [2.45, 2.75) is 19.4 Å². The quantitative estimate of drug-likeness (QED) is 0.781. The maximum Gasteiger partial charge on any atom is 0.360 e. The van der Waals surface area contributed by atoms with Crippen molar-refractivity contribution in [3.8, 4) is 0 Å². The van der Waals surface area contributed by atoms with Crippen molar-refractivity contribution in [2.24, 2.45) is 0 Å². The smallest absolute Gasteiger partial charge is 0.360 e. The summed E-state index contributed by atoms with van der Waals surface area (Å²) in [5, 5.41) is 8.89. The van der Waals surface area contributed by atoms with Crippen LogP contribution in [0.25, 0.3) is 0 Å². The number of aromatic nitrogens is 1. The first kappa shape index (κ1) is 14.3. The number of nitrogens with zero attached hydrogens (tertiary/aromatic N) is 2. The molecule has 0 aromatic carbocycles. The van der Waals surface area contributed by atoms with Crippen LogP contribution in [0.4, 0.5) is 6.01 Å². The number of anilines is 1. The molecule has 8 heteroatoms. The number of carboxylic acid groups (broad SMARTS) is 1. The monoisotopic (exact) mass is 284 g/mol. The summed E-state index contributed by atoms with van der Waals surface area (Å²) in [7, 11) is 0. The van der Waals surface area contributed by atoms with E-state index in [1.54, 1.807) is 11.8 Å². The van der Waals surface area contributed by atoms with Gasteiger partial charge in [-0.2, -0.15) is 4.98 Å². The lowest BCUT2D eigenvalue weighted by Crippen LogP contribution is -2.46. The maximum atomic E-state index is 11.5. The third kappa shape index (κ3) is 3.27. The molecule has 1 atom stereocenters. The molecule has 20 heavy (non-hydrogen) atoms. The second kappa shape index (κ2) is 6.38. The Morgan fingerprint density at radius 1 is 1.60 bits per heavy atom. The fourth-order valence-electron chi connectivity index (χ4n) is 1.97. The van der Waals surface area contributed by atoms with Crippen molar-refractivity contribution in [1.29, 1.82) is 0 Å². The molecule has 1 aliphatic rings. The lowest BCUT2D eigenvalue weighted by Gasteiger charge is -2.33. The number of esters is 1. The number of carbonyl (C=O) groups is 2. The van der Waals surface area contributed by atoms with Crippen molar-refractivity contribution in [3.63, 3.8) is 0 Å². The van der Waals surface area contributed by atoms with Gasteiger partial charge < -0.3 is 23.9 Å². The number of carbonyl (C=O) groups excluding carboxylic acids is 1. The van der Waals surface area contributed by atoms with Crippen LogP contribution < -0.4 is 4.90 Å². The van der Waals surface area contributed by atoms with E-state index in [9.17, 15) is 9.59 Å². The molecule has 1 aromatic rings. The van der Waals surface area contributed by atoms with Crippen LogP contribution in [0.2, 0.25) is 0 Å². The van der Waals surface area contributed by atoms with E-state index in [0.717, 1.165) is 0 Å². The van der Waals surface area contributed by atoms with E-state index in [0.29, 0.717) is 13.2 Å².